The fourth-order valence-corrected chi connectivity index (χ4v) is 1.96. The number of methoxy groups -OCH3 is 1. The van der Waals surface area contributed by atoms with Crippen molar-refractivity contribution < 1.29 is 4.74 Å². The van der Waals surface area contributed by atoms with Crippen molar-refractivity contribution >= 4 is 0 Å². The minimum absolute atomic E-state index is 0.298. The Morgan fingerprint density at radius 3 is 2.50 bits per heavy atom. The maximum Gasteiger partial charge on any atom is 0.233 e. The van der Waals surface area contributed by atoms with Crippen LogP contribution in [0.4, 0.5) is 0 Å². The van der Waals surface area contributed by atoms with Crippen molar-refractivity contribution in [1.29, 1.82) is 0 Å². The first kappa shape index (κ1) is 14.9. The smallest absolute Gasteiger partial charge is 0.233 e. The molecule has 0 saturated carbocycles. The van der Waals surface area contributed by atoms with E-state index in [-0.39, 0.29) is 0 Å². The number of rotatable bonds is 8. The van der Waals surface area contributed by atoms with Gasteiger partial charge in [-0.25, -0.2) is 0 Å². The number of nitrogens with zero attached hydrogens (tertiary/aromatic N) is 2. The average molecular weight is 251 g/mol. The van der Waals surface area contributed by atoms with E-state index in [1.807, 2.05) is 12.1 Å². The first-order valence-corrected chi connectivity index (χ1v) is 6.78. The molecule has 102 valence electrons. The molecule has 1 unspecified atom stereocenters. The van der Waals surface area contributed by atoms with Gasteiger partial charge in [-0.1, -0.05) is 33.6 Å². The number of nitrogens with one attached hydrogen (secondary N) is 1. The van der Waals surface area contributed by atoms with Gasteiger partial charge in [-0.2, -0.15) is 5.10 Å². The van der Waals surface area contributed by atoms with Crippen molar-refractivity contribution in [2.75, 3.05) is 13.7 Å². The fraction of sp³-hybridized carbons (Fsp3) is 0.714. The van der Waals surface area contributed by atoms with E-state index >= 15 is 0 Å². The lowest BCUT2D eigenvalue weighted by atomic mass is 10.0. The highest BCUT2D eigenvalue weighted by Gasteiger charge is 2.12. The highest BCUT2D eigenvalue weighted by molar-refractivity contribution is 5.14. The van der Waals surface area contributed by atoms with Gasteiger partial charge in [-0.05, 0) is 24.9 Å². The zero-order valence-electron chi connectivity index (χ0n) is 11.9. The van der Waals surface area contributed by atoms with Crippen LogP contribution in [-0.4, -0.2) is 23.9 Å². The number of hydrogen-bond donors (Lipinski definition) is 1. The minimum Gasteiger partial charge on any atom is -0.480 e. The molecule has 1 rings (SSSR count). The molecule has 1 aromatic rings. The van der Waals surface area contributed by atoms with Crippen molar-refractivity contribution in [1.82, 2.24) is 15.5 Å². The quantitative estimate of drug-likeness (QED) is 0.771. The zero-order chi connectivity index (χ0) is 13.4. The highest BCUT2D eigenvalue weighted by Crippen LogP contribution is 2.19. The maximum atomic E-state index is 5.03. The van der Waals surface area contributed by atoms with Gasteiger partial charge in [0, 0.05) is 6.07 Å². The maximum absolute atomic E-state index is 5.03. The lowest BCUT2D eigenvalue weighted by Crippen LogP contribution is -2.22. The molecule has 0 bridgehead atoms. The Labute approximate surface area is 110 Å². The van der Waals surface area contributed by atoms with Crippen molar-refractivity contribution in [3.8, 4) is 5.88 Å². The third-order valence-electron chi connectivity index (χ3n) is 2.95. The molecule has 0 fully saturated rings. The van der Waals surface area contributed by atoms with Crippen molar-refractivity contribution in [3.05, 3.63) is 17.8 Å². The summed E-state index contributed by atoms with van der Waals surface area (Å²) in [5, 5.41) is 11.7. The second-order valence-electron chi connectivity index (χ2n) is 4.94. The van der Waals surface area contributed by atoms with Gasteiger partial charge >= 0.3 is 0 Å². The molecule has 1 N–H and O–H groups in total. The number of ether oxygens (including phenoxy) is 1. The molecule has 1 aromatic heterocycles. The lowest BCUT2D eigenvalue weighted by molar-refractivity contribution is 0.387. The average Bonchev–Trinajstić information content (AvgIpc) is 2.37. The van der Waals surface area contributed by atoms with Gasteiger partial charge in [0.25, 0.3) is 0 Å². The molecule has 0 amide bonds. The molecule has 4 heteroatoms. The molecule has 4 nitrogen and oxygen atoms in total. The molecule has 0 spiro atoms. The van der Waals surface area contributed by atoms with Crippen molar-refractivity contribution in [2.24, 2.45) is 5.92 Å². The van der Waals surface area contributed by atoms with Crippen LogP contribution in [0.2, 0.25) is 0 Å². The summed E-state index contributed by atoms with van der Waals surface area (Å²) in [4.78, 5) is 0. The molecule has 1 heterocycles. The molecule has 0 radical (unpaired) electrons. The Bertz CT molecular complexity index is 324. The Morgan fingerprint density at radius 2 is 2.00 bits per heavy atom. The third kappa shape index (κ3) is 5.00. The Kier molecular flexibility index (Phi) is 6.65. The highest BCUT2D eigenvalue weighted by atomic mass is 16.5. The van der Waals surface area contributed by atoms with Crippen LogP contribution < -0.4 is 10.1 Å². The van der Waals surface area contributed by atoms with Gasteiger partial charge in [0.1, 0.15) is 0 Å². The number of aromatic nitrogens is 2. The summed E-state index contributed by atoms with van der Waals surface area (Å²) < 4.78 is 5.03. The van der Waals surface area contributed by atoms with Gasteiger partial charge in [0.15, 0.2) is 0 Å². The van der Waals surface area contributed by atoms with Crippen LogP contribution in [0.5, 0.6) is 5.88 Å². The van der Waals surface area contributed by atoms with E-state index in [2.05, 4.69) is 36.3 Å². The molecule has 0 aromatic carbocycles. The van der Waals surface area contributed by atoms with E-state index in [9.17, 15) is 0 Å². The fourth-order valence-electron chi connectivity index (χ4n) is 1.96. The van der Waals surface area contributed by atoms with E-state index < -0.39 is 0 Å². The van der Waals surface area contributed by atoms with E-state index in [1.165, 1.54) is 12.8 Å². The van der Waals surface area contributed by atoms with Crippen LogP contribution in [0, 0.1) is 5.92 Å². The molecule has 0 aliphatic carbocycles. The molecule has 0 aliphatic rings. The summed E-state index contributed by atoms with van der Waals surface area (Å²) >= 11 is 0. The molecule has 1 atom stereocenters. The topological polar surface area (TPSA) is 47.0 Å². The van der Waals surface area contributed by atoms with E-state index in [4.69, 9.17) is 4.74 Å². The Balaban J connectivity index is 2.58. The molecule has 18 heavy (non-hydrogen) atoms. The monoisotopic (exact) mass is 251 g/mol. The van der Waals surface area contributed by atoms with Crippen LogP contribution >= 0.6 is 0 Å². The summed E-state index contributed by atoms with van der Waals surface area (Å²) in [5.41, 5.74) is 1.00. The normalized spacial score (nSPS) is 12.7. The van der Waals surface area contributed by atoms with Gasteiger partial charge in [-0.3, -0.25) is 0 Å². The molecule has 0 saturated heterocycles. The van der Waals surface area contributed by atoms with E-state index in [1.54, 1.807) is 7.11 Å². The predicted molar refractivity (Wildman–Crippen MR) is 73.7 cm³/mol. The van der Waals surface area contributed by atoms with Gasteiger partial charge in [0.2, 0.25) is 5.88 Å². The van der Waals surface area contributed by atoms with Crippen LogP contribution in [0.25, 0.3) is 0 Å². The summed E-state index contributed by atoms with van der Waals surface area (Å²) in [6, 6.07) is 4.16. The van der Waals surface area contributed by atoms with Gasteiger partial charge in [-0.15, -0.1) is 5.10 Å². The van der Waals surface area contributed by atoms with Crippen molar-refractivity contribution in [2.45, 2.75) is 46.1 Å². The third-order valence-corrected chi connectivity index (χ3v) is 2.95. The van der Waals surface area contributed by atoms with Crippen LogP contribution in [0.1, 0.15) is 51.8 Å². The molecular formula is C14H25N3O. The molecular weight excluding hydrogens is 226 g/mol. The minimum atomic E-state index is 0.298. The first-order chi connectivity index (χ1) is 8.67. The Hall–Kier alpha value is -1.16. The lowest BCUT2D eigenvalue weighted by Gasteiger charge is -2.17. The molecule has 0 aliphatic heterocycles. The standard InChI is InChI=1S/C14H25N3O/c1-5-15-12(8-6-7-11(2)3)13-9-10-14(18-4)17-16-13/h9-12,15H,5-8H2,1-4H3. The van der Waals surface area contributed by atoms with Gasteiger partial charge in [0.05, 0.1) is 18.8 Å². The van der Waals surface area contributed by atoms with Crippen molar-refractivity contribution in [3.63, 3.8) is 0 Å². The predicted octanol–water partition coefficient (Wildman–Crippen LogP) is 2.96. The Morgan fingerprint density at radius 1 is 1.22 bits per heavy atom. The summed E-state index contributed by atoms with van der Waals surface area (Å²) in [6.07, 6.45) is 3.57. The summed E-state index contributed by atoms with van der Waals surface area (Å²) in [6.45, 7) is 7.58. The second kappa shape index (κ2) is 8.03. The van der Waals surface area contributed by atoms with Gasteiger partial charge < -0.3 is 10.1 Å². The largest absolute Gasteiger partial charge is 0.480 e. The van der Waals surface area contributed by atoms with Crippen LogP contribution in [-0.2, 0) is 0 Å². The summed E-state index contributed by atoms with van der Waals surface area (Å²) in [7, 11) is 1.61. The number of hydrogen-bond acceptors (Lipinski definition) is 4. The first-order valence-electron chi connectivity index (χ1n) is 6.78. The summed E-state index contributed by atoms with van der Waals surface area (Å²) in [5.74, 6) is 1.32. The van der Waals surface area contributed by atoms with E-state index in [0.717, 1.165) is 24.6 Å². The van der Waals surface area contributed by atoms with Crippen LogP contribution in [0.3, 0.4) is 0 Å². The SMILES string of the molecule is CCNC(CCCC(C)C)c1ccc(OC)nn1. The van der Waals surface area contributed by atoms with E-state index in [0.29, 0.717) is 11.9 Å². The zero-order valence-corrected chi connectivity index (χ0v) is 11.9. The second-order valence-corrected chi connectivity index (χ2v) is 4.94. The van der Waals surface area contributed by atoms with Crippen LogP contribution in [0.15, 0.2) is 12.1 Å².